The maximum atomic E-state index is 6.18. The molecule has 3 atom stereocenters. The van der Waals surface area contributed by atoms with Crippen molar-refractivity contribution < 1.29 is 9.47 Å². The van der Waals surface area contributed by atoms with E-state index in [0.717, 1.165) is 32.1 Å². The molecule has 0 saturated carbocycles. The SMILES string of the molecule is PN1CCC(c2ccccc2)C(COc2ccc3c(c2)COC3)C1. The van der Waals surface area contributed by atoms with Gasteiger partial charge in [0.25, 0.3) is 0 Å². The van der Waals surface area contributed by atoms with Crippen LogP contribution in [0.1, 0.15) is 29.0 Å². The minimum Gasteiger partial charge on any atom is -0.493 e. The maximum Gasteiger partial charge on any atom is 0.119 e. The molecule has 0 N–H and O–H groups in total. The lowest BCUT2D eigenvalue weighted by molar-refractivity contribution is 0.134. The number of fused-ring (bicyclic) bond motifs is 1. The molecule has 4 rings (SSSR count). The molecule has 1 fully saturated rings. The topological polar surface area (TPSA) is 21.7 Å². The van der Waals surface area contributed by atoms with Gasteiger partial charge in [0.15, 0.2) is 0 Å². The average Bonchev–Trinajstić information content (AvgIpc) is 3.08. The van der Waals surface area contributed by atoms with Gasteiger partial charge in [0, 0.05) is 19.0 Å². The van der Waals surface area contributed by atoms with E-state index < -0.39 is 0 Å². The standard InChI is InChI=1S/C20H24NO2P/c24-21-9-8-20(15-4-2-1-3-5-15)18(11-21)14-23-19-7-6-16-12-22-13-17(16)10-19/h1-7,10,18,20H,8-9,11-14,24H2. The predicted octanol–water partition coefficient (Wildman–Crippen LogP) is 3.99. The van der Waals surface area contributed by atoms with Crippen LogP contribution in [0.25, 0.3) is 0 Å². The lowest BCUT2D eigenvalue weighted by Gasteiger charge is -2.36. The van der Waals surface area contributed by atoms with Crippen molar-refractivity contribution in [2.24, 2.45) is 5.92 Å². The third-order valence-electron chi connectivity index (χ3n) is 5.15. The first-order valence-electron chi connectivity index (χ1n) is 8.66. The third kappa shape index (κ3) is 3.49. The molecule has 2 aliphatic heterocycles. The van der Waals surface area contributed by atoms with Crippen LogP contribution in [-0.2, 0) is 18.0 Å². The normalized spacial score (nSPS) is 23.9. The van der Waals surface area contributed by atoms with Crippen LogP contribution in [0.15, 0.2) is 48.5 Å². The van der Waals surface area contributed by atoms with E-state index in [1.807, 2.05) is 0 Å². The number of ether oxygens (including phenoxy) is 2. The number of rotatable bonds is 4. The van der Waals surface area contributed by atoms with Crippen molar-refractivity contribution in [2.45, 2.75) is 25.6 Å². The summed E-state index contributed by atoms with van der Waals surface area (Å²) in [6.07, 6.45) is 1.18. The molecule has 3 unspecified atom stereocenters. The molecular formula is C20H24NO2P. The number of hydrogen-bond acceptors (Lipinski definition) is 3. The van der Waals surface area contributed by atoms with Crippen LogP contribution >= 0.6 is 9.39 Å². The van der Waals surface area contributed by atoms with Crippen molar-refractivity contribution in [2.75, 3.05) is 19.7 Å². The van der Waals surface area contributed by atoms with Crippen LogP contribution in [0.2, 0.25) is 0 Å². The van der Waals surface area contributed by atoms with Gasteiger partial charge in [-0.25, -0.2) is 0 Å². The van der Waals surface area contributed by atoms with Gasteiger partial charge >= 0.3 is 0 Å². The summed E-state index contributed by atoms with van der Waals surface area (Å²) in [5, 5.41) is 0. The number of hydrogen-bond donors (Lipinski definition) is 0. The van der Waals surface area contributed by atoms with E-state index in [-0.39, 0.29) is 0 Å². The Morgan fingerprint density at radius 1 is 1.08 bits per heavy atom. The number of benzene rings is 2. The van der Waals surface area contributed by atoms with Gasteiger partial charge < -0.3 is 9.47 Å². The van der Waals surface area contributed by atoms with Gasteiger partial charge in [-0.05, 0) is 41.2 Å². The predicted molar refractivity (Wildman–Crippen MR) is 99.0 cm³/mol. The molecule has 0 spiro atoms. The molecule has 0 radical (unpaired) electrons. The van der Waals surface area contributed by atoms with E-state index >= 15 is 0 Å². The summed E-state index contributed by atoms with van der Waals surface area (Å²) in [5.41, 5.74) is 3.99. The first kappa shape index (κ1) is 16.1. The molecule has 2 aromatic carbocycles. The fourth-order valence-corrected chi connectivity index (χ4v) is 4.23. The molecular weight excluding hydrogens is 317 g/mol. The summed E-state index contributed by atoms with van der Waals surface area (Å²) >= 11 is 0. The number of piperidine rings is 1. The first-order chi connectivity index (χ1) is 11.8. The van der Waals surface area contributed by atoms with Crippen LogP contribution in [0.4, 0.5) is 0 Å². The quantitative estimate of drug-likeness (QED) is 0.785. The summed E-state index contributed by atoms with van der Waals surface area (Å²) in [4.78, 5) is 0. The highest BCUT2D eigenvalue weighted by atomic mass is 31.0. The molecule has 0 aliphatic carbocycles. The molecule has 126 valence electrons. The van der Waals surface area contributed by atoms with Gasteiger partial charge in [-0.1, -0.05) is 45.8 Å². The molecule has 0 bridgehead atoms. The maximum absolute atomic E-state index is 6.18. The van der Waals surface area contributed by atoms with Gasteiger partial charge in [0.05, 0.1) is 19.8 Å². The molecule has 0 aromatic heterocycles. The average molecular weight is 341 g/mol. The van der Waals surface area contributed by atoms with Gasteiger partial charge in [0.1, 0.15) is 5.75 Å². The Morgan fingerprint density at radius 2 is 1.92 bits per heavy atom. The lowest BCUT2D eigenvalue weighted by atomic mass is 9.81. The summed E-state index contributed by atoms with van der Waals surface area (Å²) in [5.74, 6) is 2.04. The molecule has 0 amide bonds. The molecule has 3 nitrogen and oxygen atoms in total. The summed E-state index contributed by atoms with van der Waals surface area (Å²) < 4.78 is 14.0. The van der Waals surface area contributed by atoms with Crippen LogP contribution in [0.3, 0.4) is 0 Å². The fourth-order valence-electron chi connectivity index (χ4n) is 3.81. The highest BCUT2D eigenvalue weighted by Crippen LogP contribution is 2.35. The minimum absolute atomic E-state index is 0.503. The van der Waals surface area contributed by atoms with E-state index in [0.29, 0.717) is 18.4 Å². The highest BCUT2D eigenvalue weighted by molar-refractivity contribution is 7.13. The van der Waals surface area contributed by atoms with Crippen molar-refractivity contribution in [1.29, 1.82) is 0 Å². The second kappa shape index (κ2) is 7.23. The van der Waals surface area contributed by atoms with Gasteiger partial charge in [0.2, 0.25) is 0 Å². The molecule has 2 aliphatic rings. The van der Waals surface area contributed by atoms with Gasteiger partial charge in [-0.2, -0.15) is 0 Å². The van der Waals surface area contributed by atoms with Crippen LogP contribution < -0.4 is 4.74 Å². The van der Waals surface area contributed by atoms with E-state index in [1.54, 1.807) is 0 Å². The highest BCUT2D eigenvalue weighted by Gasteiger charge is 2.29. The third-order valence-corrected chi connectivity index (χ3v) is 5.62. The Balaban J connectivity index is 1.46. The smallest absolute Gasteiger partial charge is 0.119 e. The van der Waals surface area contributed by atoms with Crippen molar-refractivity contribution in [1.82, 2.24) is 4.67 Å². The van der Waals surface area contributed by atoms with Crippen LogP contribution in [0.5, 0.6) is 5.75 Å². The van der Waals surface area contributed by atoms with E-state index in [9.17, 15) is 0 Å². The monoisotopic (exact) mass is 341 g/mol. The Hall–Kier alpha value is -1.41. The van der Waals surface area contributed by atoms with Crippen molar-refractivity contribution >= 4 is 9.39 Å². The molecule has 4 heteroatoms. The minimum atomic E-state index is 0.503. The van der Waals surface area contributed by atoms with Crippen molar-refractivity contribution in [3.63, 3.8) is 0 Å². The number of nitrogens with zero attached hydrogens (tertiary/aromatic N) is 1. The zero-order chi connectivity index (χ0) is 16.4. The summed E-state index contributed by atoms with van der Waals surface area (Å²) in [6, 6.07) is 17.2. The molecule has 24 heavy (non-hydrogen) atoms. The van der Waals surface area contributed by atoms with E-state index in [1.165, 1.54) is 23.1 Å². The first-order valence-corrected chi connectivity index (χ1v) is 9.18. The Kier molecular flexibility index (Phi) is 4.84. The summed E-state index contributed by atoms with van der Waals surface area (Å²) in [7, 11) is 2.85. The molecule has 2 heterocycles. The lowest BCUT2D eigenvalue weighted by Crippen LogP contribution is -2.37. The largest absolute Gasteiger partial charge is 0.493 e. The second-order valence-electron chi connectivity index (χ2n) is 6.80. The van der Waals surface area contributed by atoms with Crippen LogP contribution in [-0.4, -0.2) is 24.4 Å². The Bertz CT molecular complexity index is 691. The molecule has 2 aromatic rings. The van der Waals surface area contributed by atoms with Crippen molar-refractivity contribution in [3.05, 3.63) is 65.2 Å². The van der Waals surface area contributed by atoms with Gasteiger partial charge in [-0.15, -0.1) is 0 Å². The Labute approximate surface area is 146 Å². The fraction of sp³-hybridized carbons (Fsp3) is 0.400. The van der Waals surface area contributed by atoms with Crippen LogP contribution in [0, 0.1) is 5.92 Å². The Morgan fingerprint density at radius 3 is 2.79 bits per heavy atom. The second-order valence-corrected chi connectivity index (χ2v) is 7.53. The van der Waals surface area contributed by atoms with Gasteiger partial charge in [-0.3, -0.25) is 4.67 Å². The molecule has 1 saturated heterocycles. The zero-order valence-corrected chi connectivity index (χ0v) is 15.0. The van der Waals surface area contributed by atoms with E-state index in [4.69, 9.17) is 9.47 Å². The zero-order valence-electron chi connectivity index (χ0n) is 13.9. The summed E-state index contributed by atoms with van der Waals surface area (Å²) in [6.45, 7) is 4.37. The van der Waals surface area contributed by atoms with E-state index in [2.05, 4.69) is 62.6 Å². The van der Waals surface area contributed by atoms with Crippen molar-refractivity contribution in [3.8, 4) is 5.75 Å².